The Morgan fingerprint density at radius 2 is 1.79 bits per heavy atom. The zero-order valence-electron chi connectivity index (χ0n) is 12.1. The fourth-order valence-corrected chi connectivity index (χ4v) is 2.77. The smallest absolute Gasteiger partial charge is 0.147 e. The molecule has 3 nitrogen and oxygen atoms in total. The van der Waals surface area contributed by atoms with Crippen molar-refractivity contribution in [3.63, 3.8) is 0 Å². The quantitative estimate of drug-likeness (QED) is 0.796. The molecule has 1 aromatic rings. The molecule has 4 heteroatoms. The van der Waals surface area contributed by atoms with E-state index in [9.17, 15) is 8.42 Å². The van der Waals surface area contributed by atoms with Crippen molar-refractivity contribution in [3.05, 3.63) is 35.9 Å². The predicted octanol–water partition coefficient (Wildman–Crippen LogP) is 2.28. The largest absolute Gasteiger partial charge is 0.314 e. The summed E-state index contributed by atoms with van der Waals surface area (Å²) < 4.78 is 22.6. The summed E-state index contributed by atoms with van der Waals surface area (Å²) in [5, 5.41) is 3.41. The van der Waals surface area contributed by atoms with Crippen molar-refractivity contribution >= 4 is 9.84 Å². The number of nitrogens with one attached hydrogen (secondary N) is 1. The molecule has 0 saturated heterocycles. The molecule has 1 aromatic carbocycles. The molecule has 1 N–H and O–H groups in total. The van der Waals surface area contributed by atoms with Crippen LogP contribution in [0.3, 0.4) is 0 Å². The van der Waals surface area contributed by atoms with Gasteiger partial charge in [0.1, 0.15) is 9.84 Å². The summed E-state index contributed by atoms with van der Waals surface area (Å²) in [6.45, 7) is 5.08. The second-order valence-electron chi connectivity index (χ2n) is 5.54. The third-order valence-corrected chi connectivity index (χ3v) is 4.06. The van der Waals surface area contributed by atoms with E-state index in [0.717, 1.165) is 13.0 Å². The molecule has 0 heterocycles. The molecule has 0 radical (unpaired) electrons. The van der Waals surface area contributed by atoms with E-state index in [1.54, 1.807) is 0 Å². The SMILES string of the molecule is CC(C)NCC(CCS(C)(=O)=O)Cc1ccccc1. The number of sulfone groups is 1. The minimum atomic E-state index is -2.88. The zero-order chi connectivity index (χ0) is 14.3. The molecule has 0 bridgehead atoms. The lowest BCUT2D eigenvalue weighted by Gasteiger charge is -2.19. The van der Waals surface area contributed by atoms with Crippen LogP contribution in [0.4, 0.5) is 0 Å². The van der Waals surface area contributed by atoms with Gasteiger partial charge in [-0.2, -0.15) is 0 Å². The van der Waals surface area contributed by atoms with Gasteiger partial charge in [-0.05, 0) is 30.9 Å². The van der Waals surface area contributed by atoms with Gasteiger partial charge >= 0.3 is 0 Å². The lowest BCUT2D eigenvalue weighted by molar-refractivity contribution is 0.435. The topological polar surface area (TPSA) is 46.2 Å². The van der Waals surface area contributed by atoms with Crippen LogP contribution < -0.4 is 5.32 Å². The molecule has 108 valence electrons. The van der Waals surface area contributed by atoms with Crippen molar-refractivity contribution in [1.29, 1.82) is 0 Å². The molecule has 0 spiro atoms. The van der Waals surface area contributed by atoms with E-state index in [1.807, 2.05) is 18.2 Å². The first-order valence-electron chi connectivity index (χ1n) is 6.82. The number of rotatable bonds is 8. The molecule has 0 aliphatic heterocycles. The first kappa shape index (κ1) is 16.2. The van der Waals surface area contributed by atoms with E-state index in [-0.39, 0.29) is 5.75 Å². The highest BCUT2D eigenvalue weighted by atomic mass is 32.2. The highest BCUT2D eigenvalue weighted by Crippen LogP contribution is 2.13. The van der Waals surface area contributed by atoms with E-state index >= 15 is 0 Å². The summed E-state index contributed by atoms with van der Waals surface area (Å²) in [7, 11) is -2.88. The van der Waals surface area contributed by atoms with Crippen molar-refractivity contribution in [2.75, 3.05) is 18.6 Å². The molecule has 0 aromatic heterocycles. The fourth-order valence-electron chi connectivity index (χ4n) is 2.01. The Bertz CT molecular complexity index is 454. The Morgan fingerprint density at radius 3 is 2.32 bits per heavy atom. The van der Waals surface area contributed by atoms with Gasteiger partial charge < -0.3 is 5.32 Å². The molecule has 1 atom stereocenters. The minimum absolute atomic E-state index is 0.268. The van der Waals surface area contributed by atoms with E-state index < -0.39 is 9.84 Å². The molecule has 0 saturated carbocycles. The van der Waals surface area contributed by atoms with Crippen LogP contribution in [-0.4, -0.2) is 33.0 Å². The monoisotopic (exact) mass is 283 g/mol. The minimum Gasteiger partial charge on any atom is -0.314 e. The summed E-state index contributed by atoms with van der Waals surface area (Å²) in [6.07, 6.45) is 2.95. The summed E-state index contributed by atoms with van der Waals surface area (Å²) in [5.74, 6) is 0.629. The van der Waals surface area contributed by atoms with Gasteiger partial charge in [-0.15, -0.1) is 0 Å². The van der Waals surface area contributed by atoms with Gasteiger partial charge in [0.2, 0.25) is 0 Å². The van der Waals surface area contributed by atoms with Crippen molar-refractivity contribution in [1.82, 2.24) is 5.32 Å². The molecule has 1 unspecified atom stereocenters. The maximum atomic E-state index is 11.3. The third kappa shape index (κ3) is 8.01. The van der Waals surface area contributed by atoms with Crippen LogP contribution in [0, 0.1) is 5.92 Å². The van der Waals surface area contributed by atoms with Crippen molar-refractivity contribution in [2.24, 2.45) is 5.92 Å². The van der Waals surface area contributed by atoms with Crippen molar-refractivity contribution in [2.45, 2.75) is 32.7 Å². The standard InChI is InChI=1S/C15H25NO2S/c1-13(2)16-12-15(9-10-19(3,17)18)11-14-7-5-4-6-8-14/h4-8,13,15-16H,9-12H2,1-3H3. The molecule has 1 rings (SSSR count). The maximum Gasteiger partial charge on any atom is 0.147 e. The Hall–Kier alpha value is -0.870. The van der Waals surface area contributed by atoms with Crippen LogP contribution in [0.1, 0.15) is 25.8 Å². The molecule has 19 heavy (non-hydrogen) atoms. The summed E-state index contributed by atoms with van der Waals surface area (Å²) >= 11 is 0. The van der Waals surface area contributed by atoms with E-state index in [4.69, 9.17) is 0 Å². The van der Waals surface area contributed by atoms with Crippen LogP contribution in [-0.2, 0) is 16.3 Å². The zero-order valence-corrected chi connectivity index (χ0v) is 12.9. The van der Waals surface area contributed by atoms with Gasteiger partial charge in [0.05, 0.1) is 5.75 Å². The predicted molar refractivity (Wildman–Crippen MR) is 81.1 cm³/mol. The summed E-state index contributed by atoms with van der Waals surface area (Å²) in [6, 6.07) is 10.7. The van der Waals surface area contributed by atoms with Crippen LogP contribution in [0.25, 0.3) is 0 Å². The van der Waals surface area contributed by atoms with Gasteiger partial charge in [0.25, 0.3) is 0 Å². The van der Waals surface area contributed by atoms with Crippen molar-refractivity contribution < 1.29 is 8.42 Å². The first-order valence-corrected chi connectivity index (χ1v) is 8.88. The van der Waals surface area contributed by atoms with Gasteiger partial charge in [0, 0.05) is 12.3 Å². The van der Waals surface area contributed by atoms with E-state index in [0.29, 0.717) is 18.4 Å². The van der Waals surface area contributed by atoms with E-state index in [1.165, 1.54) is 11.8 Å². The van der Waals surface area contributed by atoms with Gasteiger partial charge in [-0.3, -0.25) is 0 Å². The highest BCUT2D eigenvalue weighted by molar-refractivity contribution is 7.90. The molecule has 0 fully saturated rings. The average Bonchev–Trinajstić information content (AvgIpc) is 2.33. The lowest BCUT2D eigenvalue weighted by atomic mass is 9.96. The maximum absolute atomic E-state index is 11.3. The summed E-state index contributed by atoms with van der Waals surface area (Å²) in [4.78, 5) is 0. The Morgan fingerprint density at radius 1 is 1.16 bits per heavy atom. The second-order valence-corrected chi connectivity index (χ2v) is 7.80. The third-order valence-electron chi connectivity index (χ3n) is 3.08. The first-order chi connectivity index (χ1) is 8.87. The van der Waals surface area contributed by atoms with Gasteiger partial charge in [0.15, 0.2) is 0 Å². The number of benzene rings is 1. The Labute approximate surface area is 117 Å². The Balaban J connectivity index is 2.58. The number of hydrogen-bond acceptors (Lipinski definition) is 3. The normalized spacial score (nSPS) is 13.7. The van der Waals surface area contributed by atoms with E-state index in [2.05, 4.69) is 31.3 Å². The molecule has 0 amide bonds. The number of hydrogen-bond donors (Lipinski definition) is 1. The summed E-state index contributed by atoms with van der Waals surface area (Å²) in [5.41, 5.74) is 1.27. The molecular formula is C15H25NO2S. The van der Waals surface area contributed by atoms with Gasteiger partial charge in [-0.25, -0.2) is 8.42 Å². The molecular weight excluding hydrogens is 258 g/mol. The molecule has 0 aliphatic rings. The van der Waals surface area contributed by atoms with Crippen LogP contribution in [0.2, 0.25) is 0 Å². The highest BCUT2D eigenvalue weighted by Gasteiger charge is 2.13. The van der Waals surface area contributed by atoms with Crippen LogP contribution >= 0.6 is 0 Å². The lowest BCUT2D eigenvalue weighted by Crippen LogP contribution is -2.31. The van der Waals surface area contributed by atoms with Crippen molar-refractivity contribution in [3.8, 4) is 0 Å². The average molecular weight is 283 g/mol. The van der Waals surface area contributed by atoms with Crippen LogP contribution in [0.5, 0.6) is 0 Å². The second kappa shape index (κ2) is 7.65. The van der Waals surface area contributed by atoms with Crippen LogP contribution in [0.15, 0.2) is 30.3 Å². The fraction of sp³-hybridized carbons (Fsp3) is 0.600. The molecule has 0 aliphatic carbocycles. The Kier molecular flexibility index (Phi) is 6.52. The van der Waals surface area contributed by atoms with Gasteiger partial charge in [-0.1, -0.05) is 44.2 Å².